The first-order valence-corrected chi connectivity index (χ1v) is 7.43. The second-order valence-electron chi connectivity index (χ2n) is 5.29. The maximum atomic E-state index is 10.9. The highest BCUT2D eigenvalue weighted by atomic mass is 16.6. The average molecular weight is 336 g/mol. The number of anilines is 2. The van der Waals surface area contributed by atoms with E-state index in [9.17, 15) is 10.1 Å². The third kappa shape index (κ3) is 3.02. The Morgan fingerprint density at radius 1 is 1.16 bits per heavy atom. The lowest BCUT2D eigenvalue weighted by molar-refractivity contribution is -0.384. The van der Waals surface area contributed by atoms with Crippen LogP contribution in [0, 0.1) is 10.1 Å². The third-order valence-electron chi connectivity index (χ3n) is 3.61. The maximum absolute atomic E-state index is 10.9. The topological polar surface area (TPSA) is 112 Å². The molecule has 0 radical (unpaired) electrons. The molecule has 0 aliphatic carbocycles. The Balaban J connectivity index is 1.57. The molecule has 0 fully saturated rings. The minimum atomic E-state index is -0.439. The monoisotopic (exact) mass is 336 g/mol. The highest BCUT2D eigenvalue weighted by Gasteiger charge is 2.13. The Morgan fingerprint density at radius 2 is 2.00 bits per heavy atom. The molecule has 0 saturated carbocycles. The number of hydrogen-bond donors (Lipinski definition) is 1. The second-order valence-corrected chi connectivity index (χ2v) is 5.29. The van der Waals surface area contributed by atoms with Gasteiger partial charge in [0.1, 0.15) is 6.54 Å². The minimum Gasteiger partial charge on any atom is -0.406 e. The molecule has 124 valence electrons. The van der Waals surface area contributed by atoms with E-state index in [-0.39, 0.29) is 18.2 Å². The van der Waals surface area contributed by atoms with Crippen molar-refractivity contribution in [1.29, 1.82) is 0 Å². The quantitative estimate of drug-likeness (QED) is 0.440. The van der Waals surface area contributed by atoms with Gasteiger partial charge in [0.15, 0.2) is 0 Å². The van der Waals surface area contributed by atoms with Crippen molar-refractivity contribution in [3.8, 4) is 0 Å². The molecule has 0 unspecified atom stereocenters. The SMILES string of the molecule is O=[N+]([O-])c1ccc2ncn(Cc3nnc(Nc4ccccc4)o3)c2c1. The first-order chi connectivity index (χ1) is 12.2. The van der Waals surface area contributed by atoms with E-state index in [4.69, 9.17) is 4.42 Å². The lowest BCUT2D eigenvalue weighted by atomic mass is 10.3. The van der Waals surface area contributed by atoms with Crippen LogP contribution in [0.3, 0.4) is 0 Å². The maximum Gasteiger partial charge on any atom is 0.320 e. The number of non-ortho nitro benzene ring substituents is 1. The van der Waals surface area contributed by atoms with Crippen molar-refractivity contribution < 1.29 is 9.34 Å². The molecule has 2 aromatic carbocycles. The van der Waals surface area contributed by atoms with Crippen LogP contribution in [-0.2, 0) is 6.54 Å². The van der Waals surface area contributed by atoms with Crippen LogP contribution in [0.5, 0.6) is 0 Å². The van der Waals surface area contributed by atoms with Gasteiger partial charge in [-0.05, 0) is 18.2 Å². The van der Waals surface area contributed by atoms with Crippen LogP contribution < -0.4 is 5.32 Å². The van der Waals surface area contributed by atoms with E-state index in [1.165, 1.54) is 12.1 Å². The molecule has 9 nitrogen and oxygen atoms in total. The number of benzene rings is 2. The van der Waals surface area contributed by atoms with Gasteiger partial charge < -0.3 is 14.3 Å². The van der Waals surface area contributed by atoms with Crippen molar-refractivity contribution in [3.05, 3.63) is 70.9 Å². The van der Waals surface area contributed by atoms with Crippen LogP contribution in [0.25, 0.3) is 11.0 Å². The van der Waals surface area contributed by atoms with Crippen molar-refractivity contribution in [2.45, 2.75) is 6.54 Å². The van der Waals surface area contributed by atoms with E-state index in [1.807, 2.05) is 30.3 Å². The number of nitro groups is 1. The number of nitro benzene ring substituents is 1. The lowest BCUT2D eigenvalue weighted by Crippen LogP contribution is -1.98. The molecule has 0 saturated heterocycles. The first kappa shape index (κ1) is 14.8. The molecule has 4 aromatic rings. The number of nitrogens with one attached hydrogen (secondary N) is 1. The van der Waals surface area contributed by atoms with Gasteiger partial charge in [-0.3, -0.25) is 10.1 Å². The fourth-order valence-corrected chi connectivity index (χ4v) is 2.44. The summed E-state index contributed by atoms with van der Waals surface area (Å²) < 4.78 is 7.30. The highest BCUT2D eigenvalue weighted by molar-refractivity contribution is 5.78. The molecule has 2 aromatic heterocycles. The van der Waals surface area contributed by atoms with Crippen molar-refractivity contribution >= 4 is 28.4 Å². The van der Waals surface area contributed by atoms with E-state index in [0.29, 0.717) is 16.9 Å². The molecule has 0 aliphatic heterocycles. The molecule has 2 heterocycles. The summed E-state index contributed by atoms with van der Waals surface area (Å²) in [6.07, 6.45) is 1.59. The van der Waals surface area contributed by atoms with Gasteiger partial charge in [0.2, 0.25) is 5.89 Å². The zero-order valence-electron chi connectivity index (χ0n) is 12.9. The van der Waals surface area contributed by atoms with Crippen molar-refractivity contribution in [2.75, 3.05) is 5.32 Å². The number of hydrogen-bond acceptors (Lipinski definition) is 7. The summed E-state index contributed by atoms with van der Waals surface area (Å²) in [5, 5.41) is 21.9. The summed E-state index contributed by atoms with van der Waals surface area (Å²) in [4.78, 5) is 14.7. The molecule has 0 amide bonds. The fraction of sp³-hybridized carbons (Fsp3) is 0.0625. The Morgan fingerprint density at radius 3 is 2.80 bits per heavy atom. The lowest BCUT2D eigenvalue weighted by Gasteiger charge is -2.01. The van der Waals surface area contributed by atoms with E-state index >= 15 is 0 Å². The number of aromatic nitrogens is 4. The molecule has 1 N–H and O–H groups in total. The van der Waals surface area contributed by atoms with Gasteiger partial charge in [-0.15, -0.1) is 5.10 Å². The van der Waals surface area contributed by atoms with Crippen molar-refractivity contribution in [1.82, 2.24) is 19.7 Å². The van der Waals surface area contributed by atoms with E-state index in [0.717, 1.165) is 5.69 Å². The number of para-hydroxylation sites is 1. The molecule has 0 aliphatic rings. The van der Waals surface area contributed by atoms with Crippen LogP contribution in [0.2, 0.25) is 0 Å². The number of fused-ring (bicyclic) bond motifs is 1. The summed E-state index contributed by atoms with van der Waals surface area (Å²) >= 11 is 0. The van der Waals surface area contributed by atoms with Gasteiger partial charge in [-0.1, -0.05) is 23.3 Å². The van der Waals surface area contributed by atoms with Crippen LogP contribution in [0.15, 0.2) is 59.3 Å². The van der Waals surface area contributed by atoms with E-state index < -0.39 is 4.92 Å². The summed E-state index contributed by atoms with van der Waals surface area (Å²) in [5.41, 5.74) is 2.13. The standard InChI is InChI=1S/C16H12N6O3/c23-22(24)12-6-7-13-14(8-12)21(10-17-13)9-15-19-20-16(25-15)18-11-4-2-1-3-5-11/h1-8,10H,9H2,(H,18,20). The van der Waals surface area contributed by atoms with Crippen molar-refractivity contribution in [3.63, 3.8) is 0 Å². The summed E-state index contributed by atoms with van der Waals surface area (Å²) in [6.45, 7) is 0.265. The van der Waals surface area contributed by atoms with Gasteiger partial charge in [0, 0.05) is 17.8 Å². The van der Waals surface area contributed by atoms with Crippen molar-refractivity contribution in [2.24, 2.45) is 0 Å². The average Bonchev–Trinajstić information content (AvgIpc) is 3.23. The van der Waals surface area contributed by atoms with Gasteiger partial charge in [-0.25, -0.2) is 4.98 Å². The Hall–Kier alpha value is -3.75. The number of rotatable bonds is 5. The molecule has 0 bridgehead atoms. The normalized spacial score (nSPS) is 10.9. The van der Waals surface area contributed by atoms with Gasteiger partial charge in [0.05, 0.1) is 22.3 Å². The predicted molar refractivity (Wildman–Crippen MR) is 89.5 cm³/mol. The van der Waals surface area contributed by atoms with Crippen LogP contribution in [0.4, 0.5) is 17.4 Å². The third-order valence-corrected chi connectivity index (χ3v) is 3.61. The minimum absolute atomic E-state index is 0.00575. The van der Waals surface area contributed by atoms with Gasteiger partial charge >= 0.3 is 6.01 Å². The van der Waals surface area contributed by atoms with Crippen LogP contribution in [0.1, 0.15) is 5.89 Å². The molecule has 0 atom stereocenters. The molecular formula is C16H12N6O3. The Labute approximate surface area is 141 Å². The fourth-order valence-electron chi connectivity index (χ4n) is 2.44. The summed E-state index contributed by atoms with van der Waals surface area (Å²) in [6, 6.07) is 14.2. The van der Waals surface area contributed by atoms with E-state index in [2.05, 4.69) is 20.5 Å². The molecule has 0 spiro atoms. The molecule has 25 heavy (non-hydrogen) atoms. The predicted octanol–water partition coefficient (Wildman–Crippen LogP) is 3.12. The Bertz CT molecular complexity index is 1040. The largest absolute Gasteiger partial charge is 0.406 e. The molecule has 9 heteroatoms. The summed E-state index contributed by atoms with van der Waals surface area (Å²) in [7, 11) is 0. The van der Waals surface area contributed by atoms with Gasteiger partial charge in [-0.2, -0.15) is 0 Å². The first-order valence-electron chi connectivity index (χ1n) is 7.43. The summed E-state index contributed by atoms with van der Waals surface area (Å²) in [5.74, 6) is 0.365. The smallest absolute Gasteiger partial charge is 0.320 e. The Kier molecular flexibility index (Phi) is 3.58. The molecular weight excluding hydrogens is 324 g/mol. The van der Waals surface area contributed by atoms with E-state index in [1.54, 1.807) is 17.0 Å². The molecule has 4 rings (SSSR count). The van der Waals surface area contributed by atoms with Crippen LogP contribution >= 0.6 is 0 Å². The van der Waals surface area contributed by atoms with Crippen LogP contribution in [-0.4, -0.2) is 24.7 Å². The zero-order chi connectivity index (χ0) is 17.2. The highest BCUT2D eigenvalue weighted by Crippen LogP contribution is 2.21. The zero-order valence-corrected chi connectivity index (χ0v) is 12.9. The second kappa shape index (κ2) is 6.04. The van der Waals surface area contributed by atoms with Gasteiger partial charge in [0.25, 0.3) is 5.69 Å². The number of imidazole rings is 1. The number of nitrogens with zero attached hydrogens (tertiary/aromatic N) is 5.